The van der Waals surface area contributed by atoms with Crippen LogP contribution in [0.1, 0.15) is 16.5 Å². The first-order chi connectivity index (χ1) is 12.4. The number of ether oxygens (including phenoxy) is 1. The predicted octanol–water partition coefficient (Wildman–Crippen LogP) is 4.63. The minimum atomic E-state index is -4.53. The highest BCUT2D eigenvalue weighted by molar-refractivity contribution is 7.16. The molecule has 2 heterocycles. The monoisotopic (exact) mass is 408 g/mol. The number of thiophene rings is 1. The minimum absolute atomic E-state index is 0.210. The summed E-state index contributed by atoms with van der Waals surface area (Å²) in [5.74, 6) is -0.296. The lowest BCUT2D eigenvalue weighted by Gasteiger charge is -2.35. The maximum absolute atomic E-state index is 13.2. The van der Waals surface area contributed by atoms with Gasteiger partial charge >= 0.3 is 12.5 Å². The molecule has 9 heteroatoms. The first-order valence-electron chi connectivity index (χ1n) is 8.02. The van der Waals surface area contributed by atoms with Crippen LogP contribution in [0.5, 0.6) is 5.75 Å². The highest BCUT2D eigenvalue weighted by atomic mass is 35.5. The molecule has 1 aliphatic heterocycles. The Bertz CT molecular complexity index is 737. The van der Waals surface area contributed by atoms with Gasteiger partial charge in [0.25, 0.3) is 0 Å². The maximum atomic E-state index is 13.2. The summed E-state index contributed by atoms with van der Waals surface area (Å²) in [4.78, 5) is 3.15. The van der Waals surface area contributed by atoms with E-state index >= 15 is 0 Å². The summed E-state index contributed by atoms with van der Waals surface area (Å²) in [6.07, 6.45) is -8.43. The molecule has 3 nitrogen and oxygen atoms in total. The van der Waals surface area contributed by atoms with Gasteiger partial charge in [0, 0.05) is 31.1 Å². The quantitative estimate of drug-likeness (QED) is 0.705. The molecule has 2 aromatic rings. The second kappa shape index (κ2) is 8.12. The molecule has 26 heavy (non-hydrogen) atoms. The number of nitrogens with zero attached hydrogens (tertiary/aromatic N) is 1. The molecular formula is C17H17ClF4N2OS. The van der Waals surface area contributed by atoms with E-state index in [0.717, 1.165) is 31.1 Å². The molecule has 0 aliphatic carbocycles. The summed E-state index contributed by atoms with van der Waals surface area (Å²) in [7, 11) is 0. The van der Waals surface area contributed by atoms with Gasteiger partial charge in [-0.1, -0.05) is 23.7 Å². The zero-order chi connectivity index (χ0) is 18.7. The van der Waals surface area contributed by atoms with Crippen LogP contribution in [0.25, 0.3) is 0 Å². The highest BCUT2D eigenvalue weighted by Gasteiger charge is 2.44. The van der Waals surface area contributed by atoms with E-state index in [1.54, 1.807) is 12.1 Å². The van der Waals surface area contributed by atoms with E-state index in [1.165, 1.54) is 29.5 Å². The van der Waals surface area contributed by atoms with Crippen LogP contribution in [0.2, 0.25) is 4.34 Å². The fourth-order valence-corrected chi connectivity index (χ4v) is 4.14. The normalized spacial score (nSPS) is 17.5. The Kier molecular flexibility index (Phi) is 6.06. The molecule has 0 spiro atoms. The van der Waals surface area contributed by atoms with Crippen molar-refractivity contribution in [1.82, 2.24) is 10.2 Å². The van der Waals surface area contributed by atoms with Crippen LogP contribution in [-0.4, -0.2) is 43.6 Å². The first-order valence-corrected chi connectivity index (χ1v) is 9.21. The fourth-order valence-electron chi connectivity index (χ4n) is 2.92. The number of hydrogen-bond acceptors (Lipinski definition) is 4. The Morgan fingerprint density at radius 1 is 1.15 bits per heavy atom. The van der Waals surface area contributed by atoms with E-state index < -0.39 is 12.5 Å². The summed E-state index contributed by atoms with van der Waals surface area (Å²) in [6, 6.07) is 9.39. The molecule has 1 aliphatic rings. The van der Waals surface area contributed by atoms with E-state index in [1.807, 2.05) is 6.07 Å². The molecule has 1 atom stereocenters. The van der Waals surface area contributed by atoms with Crippen LogP contribution in [0.3, 0.4) is 0 Å². The van der Waals surface area contributed by atoms with Crippen molar-refractivity contribution in [3.05, 3.63) is 51.2 Å². The Hall–Kier alpha value is -1.35. The lowest BCUT2D eigenvalue weighted by atomic mass is 10.0. The lowest BCUT2D eigenvalue weighted by Crippen LogP contribution is -2.45. The topological polar surface area (TPSA) is 24.5 Å². The van der Waals surface area contributed by atoms with Crippen molar-refractivity contribution in [1.29, 1.82) is 0 Å². The number of rotatable bonds is 6. The van der Waals surface area contributed by atoms with Crippen molar-refractivity contribution in [2.24, 2.45) is 0 Å². The summed E-state index contributed by atoms with van der Waals surface area (Å²) in [6.45, 7) is 3.13. The molecule has 3 rings (SSSR count). The zero-order valence-corrected chi connectivity index (χ0v) is 15.2. The Morgan fingerprint density at radius 3 is 2.50 bits per heavy atom. The van der Waals surface area contributed by atoms with Crippen LogP contribution < -0.4 is 10.1 Å². The molecule has 0 bridgehead atoms. The van der Waals surface area contributed by atoms with Gasteiger partial charge in [-0.15, -0.1) is 11.3 Å². The van der Waals surface area contributed by atoms with Gasteiger partial charge in [-0.05, 0) is 29.8 Å². The second-order valence-corrected chi connectivity index (χ2v) is 7.61. The van der Waals surface area contributed by atoms with Crippen molar-refractivity contribution in [2.45, 2.75) is 18.6 Å². The average molecular weight is 409 g/mol. The maximum Gasteiger partial charge on any atom is 0.461 e. The average Bonchev–Trinajstić information content (AvgIpc) is 3.02. The molecule has 0 radical (unpaired) electrons. The van der Waals surface area contributed by atoms with Crippen LogP contribution in [0.4, 0.5) is 17.6 Å². The standard InChI is InChI=1S/C17H17ClF4N2OS/c18-14-5-4-13(26-14)15(24-8-6-23-7-9-24)11-2-1-3-12(10-11)25-17(21,22)16(19)20/h1-5,10,15-16,23H,6-9H2/t15-/m0/s1. The summed E-state index contributed by atoms with van der Waals surface area (Å²) in [5, 5.41) is 3.26. The molecule has 1 fully saturated rings. The van der Waals surface area contributed by atoms with Gasteiger partial charge in [-0.3, -0.25) is 4.90 Å². The van der Waals surface area contributed by atoms with E-state index in [9.17, 15) is 17.6 Å². The molecule has 142 valence electrons. The molecule has 1 saturated heterocycles. The summed E-state index contributed by atoms with van der Waals surface area (Å²) < 4.78 is 56.2. The number of piperazine rings is 1. The Morgan fingerprint density at radius 2 is 1.88 bits per heavy atom. The van der Waals surface area contributed by atoms with Crippen molar-refractivity contribution in [2.75, 3.05) is 26.2 Å². The first kappa shape index (κ1) is 19.4. The highest BCUT2D eigenvalue weighted by Crippen LogP contribution is 2.37. The zero-order valence-electron chi connectivity index (χ0n) is 13.6. The van der Waals surface area contributed by atoms with E-state index in [2.05, 4.69) is 15.0 Å². The van der Waals surface area contributed by atoms with E-state index in [0.29, 0.717) is 9.90 Å². The Balaban J connectivity index is 1.92. The van der Waals surface area contributed by atoms with Gasteiger partial charge in [0.05, 0.1) is 10.4 Å². The molecule has 0 amide bonds. The van der Waals surface area contributed by atoms with E-state index in [-0.39, 0.29) is 11.8 Å². The van der Waals surface area contributed by atoms with Crippen LogP contribution >= 0.6 is 22.9 Å². The number of benzene rings is 1. The lowest BCUT2D eigenvalue weighted by molar-refractivity contribution is -0.253. The number of hydrogen-bond donors (Lipinski definition) is 1. The summed E-state index contributed by atoms with van der Waals surface area (Å²) in [5.41, 5.74) is 0.688. The van der Waals surface area contributed by atoms with Crippen LogP contribution in [0.15, 0.2) is 36.4 Å². The smallest absolute Gasteiger partial charge is 0.428 e. The molecule has 1 aromatic heterocycles. The molecule has 1 aromatic carbocycles. The van der Waals surface area contributed by atoms with Gasteiger partial charge < -0.3 is 10.1 Å². The van der Waals surface area contributed by atoms with Crippen LogP contribution in [0, 0.1) is 0 Å². The second-order valence-electron chi connectivity index (χ2n) is 5.87. The minimum Gasteiger partial charge on any atom is -0.428 e. The van der Waals surface area contributed by atoms with Gasteiger partial charge in [-0.2, -0.15) is 17.6 Å². The van der Waals surface area contributed by atoms with Gasteiger partial charge in [0.1, 0.15) is 5.75 Å². The van der Waals surface area contributed by atoms with Crippen molar-refractivity contribution in [3.63, 3.8) is 0 Å². The predicted molar refractivity (Wildman–Crippen MR) is 93.6 cm³/mol. The number of alkyl halides is 4. The number of nitrogens with one attached hydrogen (secondary N) is 1. The molecule has 1 N–H and O–H groups in total. The van der Waals surface area contributed by atoms with Gasteiger partial charge in [0.15, 0.2) is 0 Å². The Labute approximate surface area is 157 Å². The van der Waals surface area contributed by atoms with Gasteiger partial charge in [-0.25, -0.2) is 0 Å². The van der Waals surface area contributed by atoms with Crippen LogP contribution in [-0.2, 0) is 0 Å². The van der Waals surface area contributed by atoms with Crippen molar-refractivity contribution < 1.29 is 22.3 Å². The SMILES string of the molecule is FC(F)C(F)(F)Oc1cccc([C@@H](c2ccc(Cl)s2)N2CCNCC2)c1. The van der Waals surface area contributed by atoms with Crippen molar-refractivity contribution >= 4 is 22.9 Å². The third-order valence-corrected chi connectivity index (χ3v) is 5.35. The number of halogens is 5. The third kappa shape index (κ3) is 4.49. The molecule has 0 unspecified atom stereocenters. The fraction of sp³-hybridized carbons (Fsp3) is 0.412. The van der Waals surface area contributed by atoms with Crippen molar-refractivity contribution in [3.8, 4) is 5.75 Å². The van der Waals surface area contributed by atoms with Gasteiger partial charge in [0.2, 0.25) is 0 Å². The largest absolute Gasteiger partial charge is 0.461 e. The molecule has 0 saturated carbocycles. The van der Waals surface area contributed by atoms with E-state index in [4.69, 9.17) is 11.6 Å². The third-order valence-electron chi connectivity index (χ3n) is 4.06. The summed E-state index contributed by atoms with van der Waals surface area (Å²) >= 11 is 7.47. The molecular weight excluding hydrogens is 392 g/mol.